The van der Waals surface area contributed by atoms with Crippen LogP contribution in [0.3, 0.4) is 0 Å². The van der Waals surface area contributed by atoms with E-state index in [9.17, 15) is 10.1 Å². The molecule has 0 spiro atoms. The predicted octanol–water partition coefficient (Wildman–Crippen LogP) is 4.64. The number of pyridine rings is 1. The van der Waals surface area contributed by atoms with E-state index in [1.54, 1.807) is 29.2 Å². The molecule has 2 aromatic heterocycles. The summed E-state index contributed by atoms with van der Waals surface area (Å²) < 4.78 is 1.77. The summed E-state index contributed by atoms with van der Waals surface area (Å²) in [5.41, 5.74) is 2.30. The molecule has 0 atom stereocenters. The molecule has 7 nitrogen and oxygen atoms in total. The minimum absolute atomic E-state index is 0.0553. The summed E-state index contributed by atoms with van der Waals surface area (Å²) in [5, 5.41) is 17.8. The van der Waals surface area contributed by atoms with Crippen LogP contribution >= 0.6 is 11.3 Å². The monoisotopic (exact) mass is 407 g/mol. The molecule has 0 radical (unpaired) electrons. The number of non-ortho nitro benzene ring substituents is 1. The van der Waals surface area contributed by atoms with E-state index >= 15 is 0 Å². The third-order valence-corrected chi connectivity index (χ3v) is 5.73. The van der Waals surface area contributed by atoms with Gasteiger partial charge in [0.25, 0.3) is 5.69 Å². The van der Waals surface area contributed by atoms with Gasteiger partial charge in [0.1, 0.15) is 0 Å². The predicted molar refractivity (Wildman–Crippen MR) is 114 cm³/mol. The highest BCUT2D eigenvalue weighted by Gasteiger charge is 2.15. The Morgan fingerprint density at radius 1 is 1.17 bits per heavy atom. The van der Waals surface area contributed by atoms with Gasteiger partial charge in [-0.1, -0.05) is 37.5 Å². The van der Waals surface area contributed by atoms with Gasteiger partial charge < -0.3 is 0 Å². The molecule has 0 N–H and O–H groups in total. The molecule has 0 unspecified atom stereocenters. The van der Waals surface area contributed by atoms with Gasteiger partial charge in [0, 0.05) is 29.3 Å². The van der Waals surface area contributed by atoms with Crippen LogP contribution in [0.15, 0.2) is 64.1 Å². The summed E-state index contributed by atoms with van der Waals surface area (Å²) >= 11 is 1.51. The smallest absolute Gasteiger partial charge is 0.258 e. The minimum Gasteiger partial charge on any atom is -0.258 e. The number of thiazole rings is 1. The van der Waals surface area contributed by atoms with Crippen molar-refractivity contribution in [1.82, 2.24) is 9.66 Å². The molecular formula is C21H21N5O2S. The zero-order valence-corrected chi connectivity index (χ0v) is 16.7. The van der Waals surface area contributed by atoms with Crippen LogP contribution < -0.4 is 4.80 Å². The maximum Gasteiger partial charge on any atom is 0.270 e. The Hall–Kier alpha value is -3.13. The first-order valence-electron chi connectivity index (χ1n) is 9.65. The van der Waals surface area contributed by atoms with E-state index in [1.165, 1.54) is 36.7 Å². The molecule has 3 aromatic rings. The van der Waals surface area contributed by atoms with E-state index in [4.69, 9.17) is 4.99 Å². The number of aromatic nitrogens is 2. The van der Waals surface area contributed by atoms with Crippen LogP contribution in [0.1, 0.15) is 37.8 Å². The lowest BCUT2D eigenvalue weighted by Crippen LogP contribution is -2.19. The Balaban J connectivity index is 1.78. The van der Waals surface area contributed by atoms with Crippen LogP contribution in [0, 0.1) is 10.1 Å². The van der Waals surface area contributed by atoms with E-state index in [2.05, 4.69) is 10.1 Å². The van der Waals surface area contributed by atoms with Crippen molar-refractivity contribution >= 4 is 23.2 Å². The Morgan fingerprint density at radius 2 is 2.03 bits per heavy atom. The van der Waals surface area contributed by atoms with Crippen molar-refractivity contribution < 1.29 is 4.92 Å². The number of nitrogens with zero attached hydrogens (tertiary/aromatic N) is 5. The van der Waals surface area contributed by atoms with E-state index in [0.29, 0.717) is 6.04 Å². The van der Waals surface area contributed by atoms with Gasteiger partial charge in [0.15, 0.2) is 0 Å². The molecule has 0 aliphatic heterocycles. The van der Waals surface area contributed by atoms with Crippen LogP contribution in [0.5, 0.6) is 0 Å². The molecule has 8 heteroatoms. The van der Waals surface area contributed by atoms with Gasteiger partial charge in [0.2, 0.25) is 4.80 Å². The molecule has 1 aromatic carbocycles. The second-order valence-electron chi connectivity index (χ2n) is 6.94. The lowest BCUT2D eigenvalue weighted by Gasteiger charge is -2.16. The lowest BCUT2D eigenvalue weighted by molar-refractivity contribution is -0.384. The van der Waals surface area contributed by atoms with Crippen molar-refractivity contribution in [3.8, 4) is 11.3 Å². The largest absolute Gasteiger partial charge is 0.270 e. The fraction of sp³-hybridized carbons (Fsp3) is 0.286. The zero-order chi connectivity index (χ0) is 20.1. The summed E-state index contributed by atoms with van der Waals surface area (Å²) in [6, 6.07) is 12.5. The van der Waals surface area contributed by atoms with Crippen molar-refractivity contribution in [2.24, 2.45) is 10.1 Å². The topological polar surface area (TPSA) is 85.7 Å². The molecule has 0 bridgehead atoms. The van der Waals surface area contributed by atoms with Crippen molar-refractivity contribution in [2.45, 2.75) is 38.1 Å². The van der Waals surface area contributed by atoms with Crippen LogP contribution in [-0.2, 0) is 0 Å². The third kappa shape index (κ3) is 4.65. The average molecular weight is 407 g/mol. The zero-order valence-electron chi connectivity index (χ0n) is 15.8. The highest BCUT2D eigenvalue weighted by Crippen LogP contribution is 2.25. The highest BCUT2D eigenvalue weighted by molar-refractivity contribution is 7.07. The maximum atomic E-state index is 11.2. The van der Waals surface area contributed by atoms with Crippen LogP contribution in [0.2, 0.25) is 0 Å². The first-order valence-corrected chi connectivity index (χ1v) is 10.5. The normalized spacial score (nSPS) is 15.8. The quantitative estimate of drug-likeness (QED) is 0.351. The Bertz CT molecular complexity index is 1080. The van der Waals surface area contributed by atoms with Gasteiger partial charge in [-0.3, -0.25) is 20.1 Å². The molecule has 29 heavy (non-hydrogen) atoms. The Morgan fingerprint density at radius 3 is 2.79 bits per heavy atom. The third-order valence-electron chi connectivity index (χ3n) is 4.90. The molecule has 4 rings (SSSR count). The summed E-state index contributed by atoms with van der Waals surface area (Å²) in [7, 11) is 0. The van der Waals surface area contributed by atoms with E-state index in [-0.39, 0.29) is 10.6 Å². The van der Waals surface area contributed by atoms with Gasteiger partial charge in [-0.15, -0.1) is 11.3 Å². The molecule has 0 saturated heterocycles. The van der Waals surface area contributed by atoms with Crippen LogP contribution in [0.25, 0.3) is 11.3 Å². The molecule has 148 valence electrons. The molecule has 1 fully saturated rings. The fourth-order valence-electron chi connectivity index (χ4n) is 3.41. The summed E-state index contributed by atoms with van der Waals surface area (Å²) in [6.45, 7) is 0. The summed E-state index contributed by atoms with van der Waals surface area (Å²) in [4.78, 5) is 20.8. The molecular weight excluding hydrogens is 386 g/mol. The molecule has 1 aliphatic carbocycles. The van der Waals surface area contributed by atoms with Crippen molar-refractivity contribution in [1.29, 1.82) is 0 Å². The lowest BCUT2D eigenvalue weighted by atomic mass is 9.96. The van der Waals surface area contributed by atoms with Crippen LogP contribution in [0.4, 0.5) is 5.69 Å². The number of benzene rings is 1. The Labute approximate surface area is 172 Å². The number of nitro benzene ring substituents is 1. The second kappa shape index (κ2) is 8.91. The summed E-state index contributed by atoms with van der Waals surface area (Å²) in [6.07, 6.45) is 9.26. The Kier molecular flexibility index (Phi) is 5.90. The molecule has 1 aliphatic rings. The van der Waals surface area contributed by atoms with E-state index < -0.39 is 0 Å². The maximum absolute atomic E-state index is 11.2. The van der Waals surface area contributed by atoms with Gasteiger partial charge in [0.05, 0.1) is 28.6 Å². The first-order chi connectivity index (χ1) is 14.2. The van der Waals surface area contributed by atoms with Crippen molar-refractivity contribution in [2.75, 3.05) is 0 Å². The van der Waals surface area contributed by atoms with Crippen molar-refractivity contribution in [3.05, 3.63) is 74.7 Å². The number of nitro groups is 1. The van der Waals surface area contributed by atoms with Gasteiger partial charge >= 0.3 is 0 Å². The van der Waals surface area contributed by atoms with Gasteiger partial charge in [-0.2, -0.15) is 5.10 Å². The number of hydrogen-bond donors (Lipinski definition) is 0. The second-order valence-corrected chi connectivity index (χ2v) is 7.78. The number of rotatable bonds is 5. The fourth-order valence-corrected chi connectivity index (χ4v) is 4.32. The number of hydrogen-bond acceptors (Lipinski definition) is 6. The van der Waals surface area contributed by atoms with E-state index in [0.717, 1.165) is 34.6 Å². The summed E-state index contributed by atoms with van der Waals surface area (Å²) in [5.74, 6) is 0. The van der Waals surface area contributed by atoms with Gasteiger partial charge in [-0.25, -0.2) is 4.68 Å². The van der Waals surface area contributed by atoms with E-state index in [1.807, 2.05) is 29.6 Å². The average Bonchev–Trinajstić information content (AvgIpc) is 3.16. The molecule has 0 amide bonds. The van der Waals surface area contributed by atoms with Crippen molar-refractivity contribution in [3.63, 3.8) is 0 Å². The van der Waals surface area contributed by atoms with Crippen LogP contribution in [-0.4, -0.2) is 26.8 Å². The SMILES string of the molecule is O=[N+]([O-])c1cccc(-c2csc(=NC3CCCCC3)n2N=Cc2ccccn2)c1. The van der Waals surface area contributed by atoms with Gasteiger partial charge in [-0.05, 0) is 25.0 Å². The first kappa shape index (κ1) is 19.2. The molecule has 1 saturated carbocycles. The highest BCUT2D eigenvalue weighted by atomic mass is 32.1. The standard InChI is InChI=1S/C21H21N5O2S/c27-26(28)19-11-6-7-16(13-19)20-15-29-21(24-17-8-2-1-3-9-17)25(20)23-14-18-10-4-5-12-22-18/h4-7,10-15,17H,1-3,8-9H2. The molecule has 2 heterocycles. The minimum atomic E-state index is -0.384.